The maximum absolute atomic E-state index is 12.1. The van der Waals surface area contributed by atoms with E-state index >= 15 is 0 Å². The summed E-state index contributed by atoms with van der Waals surface area (Å²) in [5, 5.41) is 11.1. The Labute approximate surface area is 143 Å². The third-order valence-electron chi connectivity index (χ3n) is 3.61. The van der Waals surface area contributed by atoms with E-state index in [1.807, 2.05) is 6.92 Å². The number of carbonyl (C=O) groups excluding carboxylic acids is 2. The maximum Gasteiger partial charge on any atom is 0.337 e. The molecule has 1 aromatic carbocycles. The zero-order valence-electron chi connectivity index (χ0n) is 13.4. The molecule has 0 unspecified atom stereocenters. The normalized spacial score (nSPS) is 13.6. The quantitative estimate of drug-likeness (QED) is 0.634. The number of nitrogens with zero attached hydrogens (tertiary/aromatic N) is 2. The second-order valence-electron chi connectivity index (χ2n) is 5.54. The summed E-state index contributed by atoms with van der Waals surface area (Å²) in [5.41, 5.74) is 1.82. The minimum Gasteiger partial charge on any atom is -0.465 e. The van der Waals surface area contributed by atoms with E-state index in [4.69, 9.17) is 4.42 Å². The number of ether oxygens (including phenoxy) is 1. The van der Waals surface area contributed by atoms with Gasteiger partial charge in [0.1, 0.15) is 0 Å². The van der Waals surface area contributed by atoms with Crippen LogP contribution in [0.5, 0.6) is 0 Å². The fourth-order valence-corrected chi connectivity index (χ4v) is 2.66. The zero-order valence-corrected chi connectivity index (χ0v) is 14.2. The lowest BCUT2D eigenvalue weighted by molar-refractivity contribution is -0.113. The van der Waals surface area contributed by atoms with Crippen molar-refractivity contribution in [3.05, 3.63) is 35.2 Å². The van der Waals surface area contributed by atoms with Crippen molar-refractivity contribution >= 4 is 29.3 Å². The molecule has 0 aliphatic heterocycles. The van der Waals surface area contributed by atoms with Gasteiger partial charge in [0, 0.05) is 11.6 Å². The summed E-state index contributed by atoms with van der Waals surface area (Å²) in [5.74, 6) is 0.535. The first kappa shape index (κ1) is 16.5. The predicted octanol–water partition coefficient (Wildman–Crippen LogP) is 2.77. The van der Waals surface area contributed by atoms with E-state index in [2.05, 4.69) is 20.3 Å². The Hall–Kier alpha value is -2.35. The lowest BCUT2D eigenvalue weighted by atomic mass is 10.1. The Kier molecular flexibility index (Phi) is 4.84. The number of thioether (sulfide) groups is 1. The molecule has 24 heavy (non-hydrogen) atoms. The first-order valence-electron chi connectivity index (χ1n) is 7.52. The third kappa shape index (κ3) is 3.94. The molecule has 1 heterocycles. The smallest absolute Gasteiger partial charge is 0.337 e. The number of methoxy groups -OCH3 is 1. The lowest BCUT2D eigenvalue weighted by Crippen LogP contribution is -2.15. The van der Waals surface area contributed by atoms with Crippen molar-refractivity contribution < 1.29 is 18.7 Å². The van der Waals surface area contributed by atoms with Crippen LogP contribution in [0.4, 0.5) is 5.69 Å². The van der Waals surface area contributed by atoms with Crippen molar-refractivity contribution in [3.8, 4) is 0 Å². The average molecular weight is 347 g/mol. The van der Waals surface area contributed by atoms with Crippen LogP contribution in [-0.4, -0.2) is 34.9 Å². The highest BCUT2D eigenvalue weighted by Gasteiger charge is 2.29. The molecular weight excluding hydrogens is 330 g/mol. The molecule has 1 aliphatic rings. The van der Waals surface area contributed by atoms with E-state index in [1.165, 1.54) is 18.9 Å². The van der Waals surface area contributed by atoms with E-state index in [1.54, 1.807) is 18.2 Å². The third-order valence-corrected chi connectivity index (χ3v) is 4.43. The number of benzene rings is 1. The minimum atomic E-state index is -0.446. The summed E-state index contributed by atoms with van der Waals surface area (Å²) >= 11 is 1.19. The molecule has 2 aromatic rings. The van der Waals surface area contributed by atoms with Crippen LogP contribution in [0.15, 0.2) is 27.8 Å². The molecule has 1 saturated carbocycles. The van der Waals surface area contributed by atoms with Crippen molar-refractivity contribution in [3.63, 3.8) is 0 Å². The van der Waals surface area contributed by atoms with E-state index in [0.717, 1.165) is 18.4 Å². The number of aromatic nitrogens is 2. The number of hydrogen-bond acceptors (Lipinski definition) is 7. The number of aryl methyl sites for hydroxylation is 1. The van der Waals surface area contributed by atoms with Crippen LogP contribution < -0.4 is 5.32 Å². The lowest BCUT2D eigenvalue weighted by Gasteiger charge is -2.09. The van der Waals surface area contributed by atoms with Crippen LogP contribution in [0.3, 0.4) is 0 Å². The molecule has 0 spiro atoms. The monoisotopic (exact) mass is 347 g/mol. The molecule has 1 aliphatic carbocycles. The second-order valence-corrected chi connectivity index (χ2v) is 6.47. The van der Waals surface area contributed by atoms with Crippen LogP contribution in [0.1, 0.15) is 40.6 Å². The Bertz CT molecular complexity index is 770. The van der Waals surface area contributed by atoms with Crippen LogP contribution in [0.2, 0.25) is 0 Å². The standard InChI is InChI=1S/C16H17N3O4S/c1-9-3-4-11(15(21)22-2)7-12(9)17-13(20)8-24-16-19-18-14(23-16)10-5-6-10/h3-4,7,10H,5-6,8H2,1-2H3,(H,17,20). The Morgan fingerprint density at radius 3 is 2.88 bits per heavy atom. The summed E-state index contributed by atoms with van der Waals surface area (Å²) in [4.78, 5) is 23.7. The maximum atomic E-state index is 12.1. The van der Waals surface area contributed by atoms with Gasteiger partial charge >= 0.3 is 5.97 Å². The first-order chi connectivity index (χ1) is 11.6. The molecule has 0 atom stereocenters. The van der Waals surface area contributed by atoms with Crippen molar-refractivity contribution in [1.82, 2.24) is 10.2 Å². The number of esters is 1. The first-order valence-corrected chi connectivity index (χ1v) is 8.50. The molecule has 0 bridgehead atoms. The number of anilines is 1. The largest absolute Gasteiger partial charge is 0.465 e. The highest BCUT2D eigenvalue weighted by molar-refractivity contribution is 7.99. The fraction of sp³-hybridized carbons (Fsp3) is 0.375. The Morgan fingerprint density at radius 1 is 1.38 bits per heavy atom. The SMILES string of the molecule is COC(=O)c1ccc(C)c(NC(=O)CSc2nnc(C3CC3)o2)c1. The summed E-state index contributed by atoms with van der Waals surface area (Å²) in [6.45, 7) is 1.85. The molecule has 3 rings (SSSR count). The predicted molar refractivity (Wildman–Crippen MR) is 88.1 cm³/mol. The molecule has 7 nitrogen and oxygen atoms in total. The number of hydrogen-bond donors (Lipinski definition) is 1. The number of amides is 1. The minimum absolute atomic E-state index is 0.147. The molecule has 8 heteroatoms. The van der Waals surface area contributed by atoms with Crippen LogP contribution in [-0.2, 0) is 9.53 Å². The molecule has 0 radical (unpaired) electrons. The van der Waals surface area contributed by atoms with Crippen LogP contribution >= 0.6 is 11.8 Å². The van der Waals surface area contributed by atoms with Gasteiger partial charge in [0.15, 0.2) is 0 Å². The summed E-state index contributed by atoms with van der Waals surface area (Å²) in [7, 11) is 1.32. The molecular formula is C16H17N3O4S. The highest BCUT2D eigenvalue weighted by atomic mass is 32.2. The number of carbonyl (C=O) groups is 2. The highest BCUT2D eigenvalue weighted by Crippen LogP contribution is 2.39. The van der Waals surface area contributed by atoms with Gasteiger partial charge in [0.05, 0.1) is 18.4 Å². The average Bonchev–Trinajstić information content (AvgIpc) is 3.33. The summed E-state index contributed by atoms with van der Waals surface area (Å²) < 4.78 is 10.2. The van der Waals surface area contributed by atoms with E-state index in [0.29, 0.717) is 28.3 Å². The van der Waals surface area contributed by atoms with Gasteiger partial charge in [0.2, 0.25) is 11.8 Å². The Balaban J connectivity index is 1.58. The van der Waals surface area contributed by atoms with Gasteiger partial charge < -0.3 is 14.5 Å². The number of rotatable bonds is 6. The van der Waals surface area contributed by atoms with Gasteiger partial charge in [-0.15, -0.1) is 10.2 Å². The molecule has 1 fully saturated rings. The summed E-state index contributed by atoms with van der Waals surface area (Å²) in [6, 6.07) is 5.01. The molecule has 1 aromatic heterocycles. The van der Waals surface area contributed by atoms with Gasteiger partial charge in [0.25, 0.3) is 5.22 Å². The van der Waals surface area contributed by atoms with Gasteiger partial charge in [-0.1, -0.05) is 17.8 Å². The second kappa shape index (κ2) is 7.04. The molecule has 1 amide bonds. The molecule has 126 valence electrons. The van der Waals surface area contributed by atoms with Crippen molar-refractivity contribution in [2.75, 3.05) is 18.2 Å². The van der Waals surface area contributed by atoms with E-state index < -0.39 is 5.97 Å². The Morgan fingerprint density at radius 2 is 2.17 bits per heavy atom. The molecule has 0 saturated heterocycles. The van der Waals surface area contributed by atoms with Crippen LogP contribution in [0.25, 0.3) is 0 Å². The fourth-order valence-electron chi connectivity index (χ4n) is 2.09. The van der Waals surface area contributed by atoms with E-state index in [9.17, 15) is 9.59 Å². The van der Waals surface area contributed by atoms with Crippen molar-refractivity contribution in [2.45, 2.75) is 30.9 Å². The van der Waals surface area contributed by atoms with Crippen molar-refractivity contribution in [2.24, 2.45) is 0 Å². The molecule has 1 N–H and O–H groups in total. The van der Waals surface area contributed by atoms with Gasteiger partial charge in [-0.2, -0.15) is 0 Å². The van der Waals surface area contributed by atoms with Gasteiger partial charge in [-0.3, -0.25) is 4.79 Å². The van der Waals surface area contributed by atoms with Gasteiger partial charge in [-0.25, -0.2) is 4.79 Å². The van der Waals surface area contributed by atoms with Crippen LogP contribution in [0, 0.1) is 6.92 Å². The van der Waals surface area contributed by atoms with Gasteiger partial charge in [-0.05, 0) is 37.5 Å². The zero-order chi connectivity index (χ0) is 17.1. The van der Waals surface area contributed by atoms with Crippen molar-refractivity contribution in [1.29, 1.82) is 0 Å². The van der Waals surface area contributed by atoms with E-state index in [-0.39, 0.29) is 11.7 Å². The number of nitrogens with one attached hydrogen (secondary N) is 1. The topological polar surface area (TPSA) is 94.3 Å². The summed E-state index contributed by atoms with van der Waals surface area (Å²) in [6.07, 6.45) is 2.17.